The largest absolute Gasteiger partial charge is 0.289 e. The standard InChI is InChI=1S/C8H10N4O/c1-5-2-3-6-7(4-5)12(13)8(9)11-10-6/h2-4,8,13H,9H2,1H3. The molecule has 3 N–H and O–H groups in total. The lowest BCUT2D eigenvalue weighted by atomic mass is 10.2. The maximum Gasteiger partial charge on any atom is 0.217 e. The molecule has 0 amide bonds. The summed E-state index contributed by atoms with van der Waals surface area (Å²) in [4.78, 5) is 0. The lowest BCUT2D eigenvalue weighted by molar-refractivity contribution is 0.214. The zero-order valence-electron chi connectivity index (χ0n) is 7.18. The van der Waals surface area contributed by atoms with Crippen LogP contribution in [0.15, 0.2) is 28.4 Å². The molecule has 0 bridgehead atoms. The van der Waals surface area contributed by atoms with Gasteiger partial charge in [-0.25, -0.2) is 5.06 Å². The summed E-state index contributed by atoms with van der Waals surface area (Å²) >= 11 is 0. The van der Waals surface area contributed by atoms with Crippen molar-refractivity contribution in [1.29, 1.82) is 0 Å². The summed E-state index contributed by atoms with van der Waals surface area (Å²) in [7, 11) is 0. The molecule has 2 rings (SSSR count). The molecule has 5 heteroatoms. The van der Waals surface area contributed by atoms with E-state index in [1.165, 1.54) is 0 Å². The molecule has 0 fully saturated rings. The molecule has 5 nitrogen and oxygen atoms in total. The van der Waals surface area contributed by atoms with Crippen LogP contribution in [0.25, 0.3) is 0 Å². The van der Waals surface area contributed by atoms with Crippen molar-refractivity contribution in [3.05, 3.63) is 23.8 Å². The van der Waals surface area contributed by atoms with Gasteiger partial charge in [-0.1, -0.05) is 6.07 Å². The fourth-order valence-electron chi connectivity index (χ4n) is 1.21. The van der Waals surface area contributed by atoms with E-state index in [4.69, 9.17) is 5.73 Å². The molecule has 1 aliphatic rings. The Labute approximate surface area is 75.5 Å². The monoisotopic (exact) mass is 178 g/mol. The van der Waals surface area contributed by atoms with Crippen LogP contribution in [0, 0.1) is 6.92 Å². The lowest BCUT2D eigenvalue weighted by Crippen LogP contribution is -2.39. The van der Waals surface area contributed by atoms with Gasteiger partial charge in [0, 0.05) is 0 Å². The second-order valence-electron chi connectivity index (χ2n) is 2.97. The molecule has 0 aromatic heterocycles. The van der Waals surface area contributed by atoms with Crippen LogP contribution < -0.4 is 10.8 Å². The van der Waals surface area contributed by atoms with Crippen molar-refractivity contribution in [1.82, 2.24) is 0 Å². The number of azo groups is 1. The van der Waals surface area contributed by atoms with Gasteiger partial charge < -0.3 is 0 Å². The Morgan fingerprint density at radius 2 is 2.31 bits per heavy atom. The molecule has 1 aromatic carbocycles. The van der Waals surface area contributed by atoms with E-state index in [0.29, 0.717) is 11.4 Å². The third-order valence-electron chi connectivity index (χ3n) is 1.91. The van der Waals surface area contributed by atoms with E-state index in [0.717, 1.165) is 10.6 Å². The van der Waals surface area contributed by atoms with Crippen LogP contribution in [0.4, 0.5) is 11.4 Å². The predicted octanol–water partition coefficient (Wildman–Crippen LogP) is 1.53. The van der Waals surface area contributed by atoms with Crippen molar-refractivity contribution in [2.45, 2.75) is 13.2 Å². The van der Waals surface area contributed by atoms with Gasteiger partial charge in [-0.3, -0.25) is 10.9 Å². The van der Waals surface area contributed by atoms with Gasteiger partial charge in [0.2, 0.25) is 6.29 Å². The highest BCUT2D eigenvalue weighted by atomic mass is 16.5. The highest BCUT2D eigenvalue weighted by molar-refractivity contribution is 5.67. The molecule has 1 heterocycles. The van der Waals surface area contributed by atoms with Crippen LogP contribution in [0.3, 0.4) is 0 Å². The highest BCUT2D eigenvalue weighted by Crippen LogP contribution is 2.32. The normalized spacial score (nSPS) is 20.2. The number of fused-ring (bicyclic) bond motifs is 1. The van der Waals surface area contributed by atoms with Gasteiger partial charge >= 0.3 is 0 Å². The summed E-state index contributed by atoms with van der Waals surface area (Å²) in [6.45, 7) is 1.94. The summed E-state index contributed by atoms with van der Waals surface area (Å²) in [5, 5.41) is 17.9. The molecule has 0 spiro atoms. The van der Waals surface area contributed by atoms with Crippen LogP contribution in [0.1, 0.15) is 5.56 Å². The third kappa shape index (κ3) is 1.28. The van der Waals surface area contributed by atoms with E-state index in [9.17, 15) is 5.21 Å². The summed E-state index contributed by atoms with van der Waals surface area (Å²) in [5.41, 5.74) is 7.74. The average Bonchev–Trinajstić information content (AvgIpc) is 2.12. The first-order valence-electron chi connectivity index (χ1n) is 3.93. The van der Waals surface area contributed by atoms with E-state index in [2.05, 4.69) is 10.2 Å². The van der Waals surface area contributed by atoms with Gasteiger partial charge in [0.05, 0.1) is 5.69 Å². The second kappa shape index (κ2) is 2.79. The number of nitrogens with zero attached hydrogens (tertiary/aromatic N) is 3. The van der Waals surface area contributed by atoms with Crippen molar-refractivity contribution < 1.29 is 5.21 Å². The summed E-state index contributed by atoms with van der Waals surface area (Å²) < 4.78 is 0. The molecular formula is C8H10N4O. The first-order valence-corrected chi connectivity index (χ1v) is 3.93. The third-order valence-corrected chi connectivity index (χ3v) is 1.91. The Hall–Kier alpha value is -1.46. The number of rotatable bonds is 0. The fraction of sp³-hybridized carbons (Fsp3) is 0.250. The van der Waals surface area contributed by atoms with Gasteiger partial charge in [-0.15, -0.1) is 5.11 Å². The smallest absolute Gasteiger partial charge is 0.217 e. The Kier molecular flexibility index (Phi) is 1.75. The first-order chi connectivity index (χ1) is 6.18. The minimum atomic E-state index is -0.797. The Morgan fingerprint density at radius 3 is 3.08 bits per heavy atom. The van der Waals surface area contributed by atoms with E-state index in [-0.39, 0.29) is 0 Å². The topological polar surface area (TPSA) is 74.2 Å². The second-order valence-corrected chi connectivity index (χ2v) is 2.97. The molecule has 0 saturated carbocycles. The molecule has 0 radical (unpaired) electrons. The molecular weight excluding hydrogens is 168 g/mol. The van der Waals surface area contributed by atoms with Gasteiger partial charge in [0.25, 0.3) is 0 Å². The van der Waals surface area contributed by atoms with Crippen LogP contribution >= 0.6 is 0 Å². The molecule has 68 valence electrons. The Morgan fingerprint density at radius 1 is 1.54 bits per heavy atom. The van der Waals surface area contributed by atoms with Crippen LogP contribution in [0.5, 0.6) is 0 Å². The molecule has 1 aromatic rings. The van der Waals surface area contributed by atoms with Crippen LogP contribution in [-0.4, -0.2) is 11.5 Å². The predicted molar refractivity (Wildman–Crippen MR) is 47.9 cm³/mol. The molecule has 1 atom stereocenters. The number of nitrogens with two attached hydrogens (primary N) is 1. The number of hydrogen-bond donors (Lipinski definition) is 2. The van der Waals surface area contributed by atoms with Crippen molar-refractivity contribution in [2.24, 2.45) is 16.0 Å². The van der Waals surface area contributed by atoms with Gasteiger partial charge in [0.15, 0.2) is 0 Å². The highest BCUT2D eigenvalue weighted by Gasteiger charge is 2.19. The van der Waals surface area contributed by atoms with E-state index < -0.39 is 6.29 Å². The number of aryl methyl sites for hydroxylation is 1. The van der Waals surface area contributed by atoms with E-state index in [1.807, 2.05) is 19.1 Å². The van der Waals surface area contributed by atoms with Crippen molar-refractivity contribution >= 4 is 11.4 Å². The molecule has 0 aliphatic carbocycles. The SMILES string of the molecule is Cc1ccc2c(c1)N(O)C(N)N=N2. The summed E-state index contributed by atoms with van der Waals surface area (Å²) in [5.74, 6) is 0. The maximum atomic E-state index is 9.51. The minimum absolute atomic E-state index is 0.600. The lowest BCUT2D eigenvalue weighted by Gasteiger charge is -2.24. The van der Waals surface area contributed by atoms with Crippen molar-refractivity contribution in [2.75, 3.05) is 5.06 Å². The average molecular weight is 178 g/mol. The Balaban J connectivity index is 2.54. The van der Waals surface area contributed by atoms with E-state index in [1.54, 1.807) is 6.07 Å². The van der Waals surface area contributed by atoms with Crippen LogP contribution in [-0.2, 0) is 0 Å². The number of anilines is 1. The van der Waals surface area contributed by atoms with Gasteiger partial charge in [0.1, 0.15) is 5.69 Å². The zero-order valence-corrected chi connectivity index (χ0v) is 7.18. The number of benzene rings is 1. The van der Waals surface area contributed by atoms with Crippen LogP contribution in [0.2, 0.25) is 0 Å². The van der Waals surface area contributed by atoms with Crippen molar-refractivity contribution in [3.8, 4) is 0 Å². The number of hydrogen-bond acceptors (Lipinski definition) is 5. The fourth-order valence-corrected chi connectivity index (χ4v) is 1.21. The summed E-state index contributed by atoms with van der Waals surface area (Å²) in [6, 6.07) is 5.51. The van der Waals surface area contributed by atoms with Gasteiger partial charge in [-0.2, -0.15) is 5.11 Å². The molecule has 13 heavy (non-hydrogen) atoms. The van der Waals surface area contributed by atoms with E-state index >= 15 is 0 Å². The molecule has 1 aliphatic heterocycles. The van der Waals surface area contributed by atoms with Crippen molar-refractivity contribution in [3.63, 3.8) is 0 Å². The quantitative estimate of drug-likeness (QED) is 0.632. The molecule has 1 unspecified atom stereocenters. The molecule has 0 saturated heterocycles. The first kappa shape index (κ1) is 8.15. The summed E-state index contributed by atoms with van der Waals surface area (Å²) in [6.07, 6.45) is -0.797. The maximum absolute atomic E-state index is 9.51. The van der Waals surface area contributed by atoms with Gasteiger partial charge in [-0.05, 0) is 24.6 Å². The number of hydroxylamine groups is 1. The Bertz CT molecular complexity index is 363. The minimum Gasteiger partial charge on any atom is -0.289 e. The zero-order chi connectivity index (χ0) is 9.42.